The van der Waals surface area contributed by atoms with E-state index < -0.39 is 0 Å². The Hall–Kier alpha value is -2.93. The lowest BCUT2D eigenvalue weighted by atomic mass is 9.83. The minimum atomic E-state index is -0.143. The van der Waals surface area contributed by atoms with Crippen LogP contribution in [0, 0.1) is 5.92 Å². The van der Waals surface area contributed by atoms with Crippen molar-refractivity contribution in [2.75, 3.05) is 63.9 Å². The highest BCUT2D eigenvalue weighted by Gasteiger charge is 2.42. The first kappa shape index (κ1) is 21.3. The molecule has 0 radical (unpaired) electrons. The van der Waals surface area contributed by atoms with Gasteiger partial charge in [0.15, 0.2) is 0 Å². The Balaban J connectivity index is 1.64. The minimum Gasteiger partial charge on any atom is -0.497 e. The highest BCUT2D eigenvalue weighted by molar-refractivity contribution is 5.82. The zero-order valence-corrected chi connectivity index (χ0v) is 18.5. The number of piperazine rings is 1. The molecule has 2 aromatic rings. The molecule has 2 aromatic carbocycles. The Morgan fingerprint density at radius 3 is 2.68 bits per heavy atom. The first-order valence-electron chi connectivity index (χ1n) is 10.7. The van der Waals surface area contributed by atoms with Crippen molar-refractivity contribution in [3.05, 3.63) is 48.0 Å². The fourth-order valence-electron chi connectivity index (χ4n) is 4.72. The molecule has 166 valence electrons. The predicted octanol–water partition coefficient (Wildman–Crippen LogP) is 2.33. The Morgan fingerprint density at radius 1 is 1.06 bits per heavy atom. The summed E-state index contributed by atoms with van der Waals surface area (Å²) in [4.78, 5) is 17.9. The third-order valence-electron chi connectivity index (χ3n) is 6.29. The van der Waals surface area contributed by atoms with E-state index in [0.29, 0.717) is 19.6 Å². The van der Waals surface area contributed by atoms with Crippen molar-refractivity contribution in [1.82, 2.24) is 5.32 Å². The number of anilines is 2. The third-order valence-corrected chi connectivity index (χ3v) is 6.29. The summed E-state index contributed by atoms with van der Waals surface area (Å²) in [5.41, 5.74) is 3.43. The molecule has 0 aromatic heterocycles. The molecule has 2 heterocycles. The molecule has 7 nitrogen and oxygen atoms in total. The topological polar surface area (TPSA) is 63.3 Å². The zero-order chi connectivity index (χ0) is 21.8. The second-order valence-electron chi connectivity index (χ2n) is 7.97. The van der Waals surface area contributed by atoms with Crippen LogP contribution in [0.4, 0.5) is 11.4 Å². The van der Waals surface area contributed by atoms with Crippen LogP contribution in [0.5, 0.6) is 11.5 Å². The summed E-state index contributed by atoms with van der Waals surface area (Å²) in [6.07, 6.45) is 0.707. The third kappa shape index (κ3) is 4.28. The number of nitrogens with zero attached hydrogens (tertiary/aromatic N) is 2. The number of rotatable bonds is 7. The molecule has 4 rings (SSSR count). The van der Waals surface area contributed by atoms with Crippen LogP contribution in [-0.2, 0) is 16.0 Å². The standard InChI is InChI=1S/C24H31N3O4/c1-29-13-10-25-24(28)19-14-17-8-9-18(30-2)15-21(17)27-12-11-26(16-22(19)27)20-6-4-5-7-23(20)31-3/h4-9,15,19,22H,10-14,16H2,1-3H3,(H,25,28)/t19-,22-/m1/s1. The number of para-hydroxylation sites is 2. The minimum absolute atomic E-state index is 0.0563. The molecule has 0 bridgehead atoms. The van der Waals surface area contributed by atoms with E-state index in [0.717, 1.165) is 36.8 Å². The van der Waals surface area contributed by atoms with Gasteiger partial charge in [-0.2, -0.15) is 0 Å². The van der Waals surface area contributed by atoms with Crippen molar-refractivity contribution in [3.63, 3.8) is 0 Å². The van der Waals surface area contributed by atoms with Gasteiger partial charge in [0.1, 0.15) is 11.5 Å². The van der Waals surface area contributed by atoms with Gasteiger partial charge in [0.05, 0.1) is 38.5 Å². The van der Waals surface area contributed by atoms with E-state index in [1.54, 1.807) is 21.3 Å². The summed E-state index contributed by atoms with van der Waals surface area (Å²) < 4.78 is 16.2. The van der Waals surface area contributed by atoms with Gasteiger partial charge in [-0.05, 0) is 30.2 Å². The van der Waals surface area contributed by atoms with Gasteiger partial charge < -0.3 is 29.3 Å². The number of hydrogen-bond acceptors (Lipinski definition) is 6. The van der Waals surface area contributed by atoms with Crippen LogP contribution in [0.25, 0.3) is 0 Å². The molecule has 2 aliphatic rings. The maximum atomic E-state index is 13.2. The van der Waals surface area contributed by atoms with E-state index in [1.807, 2.05) is 24.3 Å². The molecule has 0 saturated carbocycles. The Morgan fingerprint density at radius 2 is 1.90 bits per heavy atom. The van der Waals surface area contributed by atoms with Gasteiger partial charge in [-0.25, -0.2) is 0 Å². The van der Waals surface area contributed by atoms with Crippen molar-refractivity contribution < 1.29 is 19.0 Å². The average molecular weight is 426 g/mol. The monoisotopic (exact) mass is 425 g/mol. The van der Waals surface area contributed by atoms with Gasteiger partial charge in [-0.15, -0.1) is 0 Å². The number of amides is 1. The second-order valence-corrected chi connectivity index (χ2v) is 7.97. The summed E-state index contributed by atoms with van der Waals surface area (Å²) in [7, 11) is 5.03. The molecule has 2 atom stereocenters. The lowest BCUT2D eigenvalue weighted by molar-refractivity contribution is -0.126. The molecule has 0 unspecified atom stereocenters. The predicted molar refractivity (Wildman–Crippen MR) is 121 cm³/mol. The van der Waals surface area contributed by atoms with Gasteiger partial charge in [0.25, 0.3) is 0 Å². The van der Waals surface area contributed by atoms with Gasteiger partial charge in [0.2, 0.25) is 5.91 Å². The van der Waals surface area contributed by atoms with Crippen molar-refractivity contribution >= 4 is 17.3 Å². The zero-order valence-electron chi connectivity index (χ0n) is 18.5. The quantitative estimate of drug-likeness (QED) is 0.687. The number of hydrogen-bond donors (Lipinski definition) is 1. The molecule has 7 heteroatoms. The summed E-state index contributed by atoms with van der Waals surface area (Å²) in [5, 5.41) is 3.06. The summed E-state index contributed by atoms with van der Waals surface area (Å²) in [6.45, 7) is 3.45. The fraction of sp³-hybridized carbons (Fsp3) is 0.458. The molecular formula is C24H31N3O4. The van der Waals surface area contributed by atoms with Crippen LogP contribution in [0.1, 0.15) is 5.56 Å². The highest BCUT2D eigenvalue weighted by atomic mass is 16.5. The number of carbonyl (C=O) groups excluding carboxylic acids is 1. The van der Waals surface area contributed by atoms with E-state index in [4.69, 9.17) is 14.2 Å². The van der Waals surface area contributed by atoms with E-state index in [9.17, 15) is 4.79 Å². The summed E-state index contributed by atoms with van der Waals surface area (Å²) in [5.74, 6) is 1.63. The van der Waals surface area contributed by atoms with Crippen molar-refractivity contribution in [1.29, 1.82) is 0 Å². The Bertz CT molecular complexity index is 919. The van der Waals surface area contributed by atoms with Crippen LogP contribution in [-0.4, -0.2) is 66.1 Å². The molecule has 1 fully saturated rings. The number of methoxy groups -OCH3 is 3. The molecular weight excluding hydrogens is 394 g/mol. The molecule has 0 spiro atoms. The van der Waals surface area contributed by atoms with Gasteiger partial charge in [-0.3, -0.25) is 4.79 Å². The van der Waals surface area contributed by atoms with Gasteiger partial charge in [-0.1, -0.05) is 18.2 Å². The SMILES string of the molecule is COCCNC(=O)[C@@H]1Cc2ccc(OC)cc2N2CCN(c3ccccc3OC)C[C@H]12. The van der Waals surface area contributed by atoms with Gasteiger partial charge >= 0.3 is 0 Å². The van der Waals surface area contributed by atoms with E-state index in [2.05, 4.69) is 33.3 Å². The van der Waals surface area contributed by atoms with Crippen LogP contribution in [0.3, 0.4) is 0 Å². The van der Waals surface area contributed by atoms with E-state index in [-0.39, 0.29) is 17.9 Å². The number of fused-ring (bicyclic) bond motifs is 3. The molecule has 0 aliphatic carbocycles. The van der Waals surface area contributed by atoms with Crippen LogP contribution < -0.4 is 24.6 Å². The normalized spacial score (nSPS) is 20.0. The largest absolute Gasteiger partial charge is 0.497 e. The van der Waals surface area contributed by atoms with Crippen LogP contribution in [0.15, 0.2) is 42.5 Å². The Kier molecular flexibility index (Phi) is 6.51. The smallest absolute Gasteiger partial charge is 0.225 e. The van der Waals surface area contributed by atoms with Crippen molar-refractivity contribution in [3.8, 4) is 11.5 Å². The number of ether oxygens (including phenoxy) is 3. The molecule has 1 N–H and O–H groups in total. The summed E-state index contributed by atoms with van der Waals surface area (Å²) in [6, 6.07) is 14.3. The Labute approximate surface area is 183 Å². The maximum absolute atomic E-state index is 13.2. The number of benzene rings is 2. The average Bonchev–Trinajstić information content (AvgIpc) is 2.82. The number of nitrogens with one attached hydrogen (secondary N) is 1. The summed E-state index contributed by atoms with van der Waals surface area (Å²) >= 11 is 0. The van der Waals surface area contributed by atoms with Crippen LogP contribution in [0.2, 0.25) is 0 Å². The molecule has 31 heavy (non-hydrogen) atoms. The first-order valence-corrected chi connectivity index (χ1v) is 10.7. The molecule has 2 aliphatic heterocycles. The first-order chi connectivity index (χ1) is 15.2. The van der Waals surface area contributed by atoms with E-state index in [1.165, 1.54) is 11.3 Å². The fourth-order valence-corrected chi connectivity index (χ4v) is 4.72. The van der Waals surface area contributed by atoms with Crippen molar-refractivity contribution in [2.45, 2.75) is 12.5 Å². The maximum Gasteiger partial charge on any atom is 0.225 e. The highest BCUT2D eigenvalue weighted by Crippen LogP contribution is 2.40. The van der Waals surface area contributed by atoms with Crippen LogP contribution >= 0.6 is 0 Å². The number of carbonyl (C=O) groups is 1. The van der Waals surface area contributed by atoms with Crippen molar-refractivity contribution in [2.24, 2.45) is 5.92 Å². The second kappa shape index (κ2) is 9.47. The lowest BCUT2D eigenvalue weighted by Gasteiger charge is -2.49. The van der Waals surface area contributed by atoms with E-state index >= 15 is 0 Å². The van der Waals surface area contributed by atoms with Gasteiger partial charge in [0, 0.05) is 45.0 Å². The molecule has 1 saturated heterocycles. The molecule has 1 amide bonds. The lowest BCUT2D eigenvalue weighted by Crippen LogP contribution is -2.61.